The quantitative estimate of drug-likeness (QED) is 0.0736. The van der Waals surface area contributed by atoms with Gasteiger partial charge >= 0.3 is 12.2 Å². The van der Waals surface area contributed by atoms with Gasteiger partial charge in [0.2, 0.25) is 11.8 Å². The van der Waals surface area contributed by atoms with Crippen molar-refractivity contribution in [2.45, 2.75) is 122 Å². The molecule has 45 heavy (non-hydrogen) atoms. The normalized spacial score (nSPS) is 15.6. The average molecular weight is 633 g/mol. The second kappa shape index (κ2) is 17.6. The SMILES string of the molecule is C[C@H](NC(=O)OC(C)(C)C)C(=O)N[C@@H](Cc1ccccc1)C(=O)N[C@@H](CCCCNC(=O)OC(C)(C)C1CCCC1)C(=O)NN. The van der Waals surface area contributed by atoms with E-state index < -0.39 is 59.2 Å². The summed E-state index contributed by atoms with van der Waals surface area (Å²) < 4.78 is 10.9. The van der Waals surface area contributed by atoms with E-state index in [1.165, 1.54) is 6.92 Å². The molecular formula is C32H52N6O7. The fourth-order valence-electron chi connectivity index (χ4n) is 5.19. The third-order valence-electron chi connectivity index (χ3n) is 7.70. The summed E-state index contributed by atoms with van der Waals surface area (Å²) in [5.74, 6) is 3.94. The van der Waals surface area contributed by atoms with Crippen LogP contribution in [0.2, 0.25) is 0 Å². The Morgan fingerprint density at radius 1 is 0.822 bits per heavy atom. The van der Waals surface area contributed by atoms with Gasteiger partial charge in [0.15, 0.2) is 0 Å². The molecule has 0 aromatic heterocycles. The summed E-state index contributed by atoms with van der Waals surface area (Å²) in [6, 6.07) is 6.02. The molecule has 0 bridgehead atoms. The lowest BCUT2D eigenvalue weighted by molar-refractivity contribution is -0.132. The van der Waals surface area contributed by atoms with E-state index in [-0.39, 0.29) is 12.8 Å². The number of hydrogen-bond acceptors (Lipinski definition) is 8. The molecule has 1 fully saturated rings. The predicted molar refractivity (Wildman–Crippen MR) is 170 cm³/mol. The standard InChI is InChI=1S/C32H52N6O7/c1-21(35-30(43)44-31(2,3)4)26(39)37-25(20-22-14-8-7-9-15-22)27(40)36-24(28(41)38-33)18-12-13-19-34-29(42)45-32(5,6)23-16-10-11-17-23/h7-9,14-15,21,23-25H,10-13,16-20,33H2,1-6H3,(H,34,42)(H,35,43)(H,36,40)(H,37,39)(H,38,41)/t21-,24-,25-/m0/s1. The first-order chi connectivity index (χ1) is 21.1. The molecule has 5 amide bonds. The zero-order valence-electron chi connectivity index (χ0n) is 27.5. The fraction of sp³-hybridized carbons (Fsp3) is 0.656. The van der Waals surface area contributed by atoms with Gasteiger partial charge in [0, 0.05) is 13.0 Å². The zero-order valence-corrected chi connectivity index (χ0v) is 27.5. The van der Waals surface area contributed by atoms with Crippen LogP contribution in [0.1, 0.15) is 92.1 Å². The number of rotatable bonds is 15. The zero-order chi connectivity index (χ0) is 33.6. The number of carbonyl (C=O) groups is 5. The lowest BCUT2D eigenvalue weighted by Crippen LogP contribution is -2.57. The molecule has 13 nitrogen and oxygen atoms in total. The van der Waals surface area contributed by atoms with Crippen molar-refractivity contribution in [1.29, 1.82) is 0 Å². The summed E-state index contributed by atoms with van der Waals surface area (Å²) in [7, 11) is 0. The highest BCUT2D eigenvalue weighted by molar-refractivity contribution is 5.93. The lowest BCUT2D eigenvalue weighted by atomic mass is 9.89. The second-order valence-electron chi connectivity index (χ2n) is 13.1. The van der Waals surface area contributed by atoms with Crippen molar-refractivity contribution >= 4 is 29.9 Å². The van der Waals surface area contributed by atoms with Crippen molar-refractivity contribution in [3.8, 4) is 0 Å². The Morgan fingerprint density at radius 3 is 2.04 bits per heavy atom. The van der Waals surface area contributed by atoms with Gasteiger partial charge in [-0.3, -0.25) is 19.8 Å². The molecule has 3 atom stereocenters. The van der Waals surface area contributed by atoms with Crippen molar-refractivity contribution < 1.29 is 33.4 Å². The molecule has 7 N–H and O–H groups in total. The maximum atomic E-state index is 13.4. The number of carbonyl (C=O) groups excluding carboxylic acids is 5. The van der Waals surface area contributed by atoms with Crippen LogP contribution in [-0.2, 0) is 30.3 Å². The molecule has 0 aliphatic heterocycles. The van der Waals surface area contributed by atoms with E-state index >= 15 is 0 Å². The molecule has 1 aromatic carbocycles. The van der Waals surface area contributed by atoms with Crippen LogP contribution in [0, 0.1) is 5.92 Å². The molecule has 0 saturated heterocycles. The highest BCUT2D eigenvalue weighted by Gasteiger charge is 2.35. The minimum absolute atomic E-state index is 0.137. The van der Waals surface area contributed by atoms with Gasteiger partial charge in [0.25, 0.3) is 5.91 Å². The van der Waals surface area contributed by atoms with Gasteiger partial charge in [-0.15, -0.1) is 0 Å². The number of benzene rings is 1. The number of hydrazine groups is 1. The molecule has 1 aliphatic carbocycles. The van der Waals surface area contributed by atoms with Crippen LogP contribution in [0.15, 0.2) is 30.3 Å². The minimum Gasteiger partial charge on any atom is -0.444 e. The van der Waals surface area contributed by atoms with Crippen molar-refractivity contribution in [1.82, 2.24) is 26.7 Å². The molecule has 0 spiro atoms. The minimum atomic E-state index is -1.06. The maximum absolute atomic E-state index is 13.4. The van der Waals surface area contributed by atoms with Gasteiger partial charge in [0.1, 0.15) is 29.3 Å². The van der Waals surface area contributed by atoms with E-state index in [0.717, 1.165) is 31.2 Å². The van der Waals surface area contributed by atoms with Gasteiger partial charge < -0.3 is 30.7 Å². The molecule has 0 heterocycles. The van der Waals surface area contributed by atoms with E-state index in [9.17, 15) is 24.0 Å². The predicted octanol–water partition coefficient (Wildman–Crippen LogP) is 2.97. The molecule has 1 aliphatic rings. The van der Waals surface area contributed by atoms with Crippen molar-refractivity contribution in [3.05, 3.63) is 35.9 Å². The van der Waals surface area contributed by atoms with E-state index in [1.54, 1.807) is 20.8 Å². The van der Waals surface area contributed by atoms with Crippen molar-refractivity contribution in [2.24, 2.45) is 11.8 Å². The highest BCUT2D eigenvalue weighted by Crippen LogP contribution is 2.36. The van der Waals surface area contributed by atoms with Gasteiger partial charge in [-0.1, -0.05) is 43.2 Å². The van der Waals surface area contributed by atoms with E-state index in [2.05, 4.69) is 26.7 Å². The second-order valence-corrected chi connectivity index (χ2v) is 13.1. The average Bonchev–Trinajstić information content (AvgIpc) is 3.51. The Labute approximate surface area is 266 Å². The Bertz CT molecular complexity index is 1130. The molecular weight excluding hydrogens is 580 g/mol. The monoisotopic (exact) mass is 632 g/mol. The molecule has 1 saturated carbocycles. The first kappa shape index (κ1) is 37.3. The molecule has 252 valence electrons. The summed E-state index contributed by atoms with van der Waals surface area (Å²) >= 11 is 0. The largest absolute Gasteiger partial charge is 0.444 e. The molecule has 2 rings (SSSR count). The van der Waals surface area contributed by atoms with Gasteiger partial charge in [0.05, 0.1) is 0 Å². The summed E-state index contributed by atoms with van der Waals surface area (Å²) in [5.41, 5.74) is 1.57. The van der Waals surface area contributed by atoms with Crippen LogP contribution in [-0.4, -0.2) is 65.8 Å². The molecule has 13 heteroatoms. The summed E-state index contributed by atoms with van der Waals surface area (Å²) in [6.45, 7) is 10.8. The van der Waals surface area contributed by atoms with Crippen molar-refractivity contribution in [2.75, 3.05) is 6.54 Å². The fourth-order valence-corrected chi connectivity index (χ4v) is 5.19. The van der Waals surface area contributed by atoms with Crippen LogP contribution in [0.5, 0.6) is 0 Å². The number of amides is 5. The number of nitrogens with one attached hydrogen (secondary N) is 5. The van der Waals surface area contributed by atoms with Crippen LogP contribution in [0.3, 0.4) is 0 Å². The molecule has 0 radical (unpaired) electrons. The Morgan fingerprint density at radius 2 is 1.44 bits per heavy atom. The van der Waals surface area contributed by atoms with Crippen LogP contribution in [0.4, 0.5) is 9.59 Å². The number of hydrogen-bond donors (Lipinski definition) is 6. The Hall–Kier alpha value is -3.87. The summed E-state index contributed by atoms with van der Waals surface area (Å²) in [5, 5.41) is 10.6. The molecule has 0 unspecified atom stereocenters. The van der Waals surface area contributed by atoms with E-state index in [0.29, 0.717) is 25.3 Å². The van der Waals surface area contributed by atoms with Crippen LogP contribution < -0.4 is 32.5 Å². The lowest BCUT2D eigenvalue weighted by Gasteiger charge is -2.31. The van der Waals surface area contributed by atoms with Crippen LogP contribution >= 0.6 is 0 Å². The topological polar surface area (TPSA) is 190 Å². The third-order valence-corrected chi connectivity index (χ3v) is 7.70. The number of unbranched alkanes of at least 4 members (excludes halogenated alkanes) is 1. The van der Waals surface area contributed by atoms with Gasteiger partial charge in [-0.25, -0.2) is 15.4 Å². The third kappa shape index (κ3) is 13.8. The number of nitrogens with two attached hydrogens (primary N) is 1. The highest BCUT2D eigenvalue weighted by atomic mass is 16.6. The van der Waals surface area contributed by atoms with Gasteiger partial charge in [-0.2, -0.15) is 0 Å². The first-order valence-electron chi connectivity index (χ1n) is 15.7. The number of ether oxygens (including phenoxy) is 2. The Kier molecular flexibility index (Phi) is 14.6. The molecule has 1 aromatic rings. The van der Waals surface area contributed by atoms with Crippen molar-refractivity contribution in [3.63, 3.8) is 0 Å². The van der Waals surface area contributed by atoms with E-state index in [1.807, 2.05) is 44.2 Å². The summed E-state index contributed by atoms with van der Waals surface area (Å²) in [4.78, 5) is 63.5. The summed E-state index contributed by atoms with van der Waals surface area (Å²) in [6.07, 6.45) is 4.54. The Balaban J connectivity index is 1.96. The first-order valence-corrected chi connectivity index (χ1v) is 15.7. The van der Waals surface area contributed by atoms with Crippen LogP contribution in [0.25, 0.3) is 0 Å². The van der Waals surface area contributed by atoms with E-state index in [4.69, 9.17) is 15.3 Å². The smallest absolute Gasteiger partial charge is 0.408 e. The van der Waals surface area contributed by atoms with Gasteiger partial charge in [-0.05, 0) is 85.1 Å². The maximum Gasteiger partial charge on any atom is 0.408 e. The number of alkyl carbamates (subject to hydrolysis) is 2.